The van der Waals surface area contributed by atoms with Crippen molar-refractivity contribution in [2.24, 2.45) is 11.3 Å². The van der Waals surface area contributed by atoms with E-state index < -0.39 is 35.2 Å². The van der Waals surface area contributed by atoms with Crippen molar-refractivity contribution >= 4 is 18.0 Å². The number of carbonyl (C=O) groups is 3. The Morgan fingerprint density at radius 3 is 2.16 bits per heavy atom. The molecule has 1 fully saturated rings. The summed E-state index contributed by atoms with van der Waals surface area (Å²) in [4.78, 5) is 38.4. The standard InChI is InChI=1S/C18H32N2O5/c1-8-11-9-10-20(12(11)15(22)25-18(5,6)7)14(21)13(17(2,3)4)19-16(23)24/h11-13,19H,8-10H2,1-7H3,(H,23,24)/t11?,12?,13-/m1/s1. The van der Waals surface area contributed by atoms with Crippen LogP contribution < -0.4 is 5.32 Å². The predicted molar refractivity (Wildman–Crippen MR) is 94.1 cm³/mol. The molecule has 0 spiro atoms. The van der Waals surface area contributed by atoms with Crippen molar-refractivity contribution in [1.29, 1.82) is 0 Å². The van der Waals surface area contributed by atoms with E-state index >= 15 is 0 Å². The first kappa shape index (κ1) is 21.3. The van der Waals surface area contributed by atoms with E-state index in [1.165, 1.54) is 4.90 Å². The molecule has 0 bridgehead atoms. The molecule has 0 aromatic heterocycles. The fraction of sp³-hybridized carbons (Fsp3) is 0.833. The molecular weight excluding hydrogens is 324 g/mol. The van der Waals surface area contributed by atoms with Crippen LogP contribution in [0, 0.1) is 11.3 Å². The minimum absolute atomic E-state index is 0.0178. The summed E-state index contributed by atoms with van der Waals surface area (Å²) >= 11 is 0. The topological polar surface area (TPSA) is 95.9 Å². The van der Waals surface area contributed by atoms with Crippen molar-refractivity contribution in [3.63, 3.8) is 0 Å². The largest absolute Gasteiger partial charge is 0.465 e. The van der Waals surface area contributed by atoms with Crippen LogP contribution in [-0.4, -0.2) is 52.2 Å². The van der Waals surface area contributed by atoms with E-state index in [0.717, 1.165) is 6.42 Å². The lowest BCUT2D eigenvalue weighted by Crippen LogP contribution is -2.57. The molecule has 144 valence electrons. The highest BCUT2D eigenvalue weighted by molar-refractivity contribution is 5.90. The van der Waals surface area contributed by atoms with E-state index in [0.29, 0.717) is 13.0 Å². The number of ether oxygens (including phenoxy) is 1. The zero-order chi connectivity index (χ0) is 19.6. The maximum atomic E-state index is 13.1. The van der Waals surface area contributed by atoms with E-state index in [2.05, 4.69) is 5.32 Å². The third-order valence-electron chi connectivity index (χ3n) is 4.36. The molecule has 2 amide bonds. The first-order chi connectivity index (χ1) is 11.3. The maximum Gasteiger partial charge on any atom is 0.405 e. The SMILES string of the molecule is CCC1CCN(C(=O)[C@@H](NC(=O)O)C(C)(C)C)C1C(=O)OC(C)(C)C. The van der Waals surface area contributed by atoms with Crippen LogP contribution in [0.15, 0.2) is 0 Å². The number of likely N-dealkylation sites (tertiary alicyclic amines) is 1. The van der Waals surface area contributed by atoms with Gasteiger partial charge in [0.05, 0.1) is 0 Å². The minimum atomic E-state index is -1.26. The Kier molecular flexibility index (Phi) is 6.48. The second kappa shape index (κ2) is 7.62. The molecule has 0 radical (unpaired) electrons. The Balaban J connectivity index is 3.11. The number of hydrogen-bond acceptors (Lipinski definition) is 4. The molecule has 0 aliphatic carbocycles. The van der Waals surface area contributed by atoms with Crippen LogP contribution >= 0.6 is 0 Å². The van der Waals surface area contributed by atoms with Crippen LogP contribution in [-0.2, 0) is 14.3 Å². The van der Waals surface area contributed by atoms with Crippen molar-refractivity contribution < 1.29 is 24.2 Å². The Morgan fingerprint density at radius 2 is 1.76 bits per heavy atom. The zero-order valence-electron chi connectivity index (χ0n) is 16.4. The monoisotopic (exact) mass is 356 g/mol. The number of amides is 2. The Bertz CT molecular complexity index is 519. The summed E-state index contributed by atoms with van der Waals surface area (Å²) < 4.78 is 5.51. The van der Waals surface area contributed by atoms with Crippen LogP contribution in [0.25, 0.3) is 0 Å². The summed E-state index contributed by atoms with van der Waals surface area (Å²) in [5.74, 6) is -0.779. The van der Waals surface area contributed by atoms with E-state index in [4.69, 9.17) is 9.84 Å². The van der Waals surface area contributed by atoms with Crippen LogP contribution in [0.4, 0.5) is 4.79 Å². The van der Waals surface area contributed by atoms with Crippen LogP contribution in [0.2, 0.25) is 0 Å². The summed E-state index contributed by atoms with van der Waals surface area (Å²) in [6.45, 7) is 13.1. The third kappa shape index (κ3) is 5.61. The highest BCUT2D eigenvalue weighted by atomic mass is 16.6. The summed E-state index contributed by atoms with van der Waals surface area (Å²) in [7, 11) is 0. The third-order valence-corrected chi connectivity index (χ3v) is 4.36. The van der Waals surface area contributed by atoms with Gasteiger partial charge < -0.3 is 20.1 Å². The molecule has 7 nitrogen and oxygen atoms in total. The van der Waals surface area contributed by atoms with Crippen molar-refractivity contribution in [3.8, 4) is 0 Å². The lowest BCUT2D eigenvalue weighted by Gasteiger charge is -2.36. The second-order valence-electron chi connectivity index (χ2n) is 8.72. The molecule has 3 atom stereocenters. The van der Waals surface area contributed by atoms with Crippen molar-refractivity contribution in [3.05, 3.63) is 0 Å². The van der Waals surface area contributed by atoms with Gasteiger partial charge >= 0.3 is 12.1 Å². The molecule has 0 aromatic rings. The number of hydrogen-bond donors (Lipinski definition) is 2. The van der Waals surface area contributed by atoms with Gasteiger partial charge in [-0.05, 0) is 38.5 Å². The average molecular weight is 356 g/mol. The van der Waals surface area contributed by atoms with Gasteiger partial charge in [-0.3, -0.25) is 4.79 Å². The molecule has 25 heavy (non-hydrogen) atoms. The molecular formula is C18H32N2O5. The Morgan fingerprint density at radius 1 is 1.20 bits per heavy atom. The smallest absolute Gasteiger partial charge is 0.405 e. The summed E-state index contributed by atoms with van der Waals surface area (Å²) in [5, 5.41) is 11.4. The molecule has 1 saturated heterocycles. The molecule has 2 N–H and O–H groups in total. The highest BCUT2D eigenvalue weighted by Gasteiger charge is 2.46. The highest BCUT2D eigenvalue weighted by Crippen LogP contribution is 2.32. The lowest BCUT2D eigenvalue weighted by atomic mass is 9.85. The molecule has 1 heterocycles. The van der Waals surface area contributed by atoms with E-state index in [-0.39, 0.29) is 11.8 Å². The van der Waals surface area contributed by atoms with Crippen LogP contribution in [0.3, 0.4) is 0 Å². The van der Waals surface area contributed by atoms with Gasteiger partial charge in [0.15, 0.2) is 0 Å². The van der Waals surface area contributed by atoms with Gasteiger partial charge in [0.2, 0.25) is 5.91 Å². The molecule has 1 aliphatic heterocycles. The number of rotatable bonds is 4. The van der Waals surface area contributed by atoms with Gasteiger partial charge in [-0.1, -0.05) is 34.1 Å². The average Bonchev–Trinajstić information content (AvgIpc) is 2.84. The number of esters is 1. The number of carbonyl (C=O) groups excluding carboxylic acids is 2. The second-order valence-corrected chi connectivity index (χ2v) is 8.72. The fourth-order valence-corrected chi connectivity index (χ4v) is 3.15. The van der Waals surface area contributed by atoms with Crippen LogP contribution in [0.1, 0.15) is 61.3 Å². The van der Waals surface area contributed by atoms with Gasteiger partial charge in [-0.2, -0.15) is 0 Å². The molecule has 7 heteroatoms. The fourth-order valence-electron chi connectivity index (χ4n) is 3.15. The quantitative estimate of drug-likeness (QED) is 0.755. The molecule has 0 aromatic carbocycles. The Labute approximate surface area is 150 Å². The van der Waals surface area contributed by atoms with E-state index in [9.17, 15) is 14.4 Å². The number of nitrogens with one attached hydrogen (secondary N) is 1. The van der Waals surface area contributed by atoms with Gasteiger partial charge in [-0.25, -0.2) is 9.59 Å². The van der Waals surface area contributed by atoms with Crippen molar-refractivity contribution in [2.45, 2.75) is 79.0 Å². The lowest BCUT2D eigenvalue weighted by molar-refractivity contribution is -0.165. The molecule has 2 unspecified atom stereocenters. The van der Waals surface area contributed by atoms with Crippen molar-refractivity contribution in [1.82, 2.24) is 10.2 Å². The first-order valence-corrected chi connectivity index (χ1v) is 8.80. The van der Waals surface area contributed by atoms with Gasteiger partial charge in [-0.15, -0.1) is 0 Å². The number of carboxylic acid groups (broad SMARTS) is 1. The summed E-state index contributed by atoms with van der Waals surface area (Å²) in [6.07, 6.45) is 0.199. The maximum absolute atomic E-state index is 13.1. The van der Waals surface area contributed by atoms with E-state index in [1.54, 1.807) is 41.5 Å². The van der Waals surface area contributed by atoms with Gasteiger partial charge in [0.25, 0.3) is 0 Å². The minimum Gasteiger partial charge on any atom is -0.465 e. The normalized spacial score (nSPS) is 22.4. The summed E-state index contributed by atoms with van der Waals surface area (Å²) in [5.41, 5.74) is -1.26. The molecule has 1 rings (SSSR count). The Hall–Kier alpha value is -1.79. The van der Waals surface area contributed by atoms with Gasteiger partial charge in [0, 0.05) is 6.54 Å². The molecule has 0 saturated carbocycles. The first-order valence-electron chi connectivity index (χ1n) is 8.80. The van der Waals surface area contributed by atoms with Crippen LogP contribution in [0.5, 0.6) is 0 Å². The van der Waals surface area contributed by atoms with Crippen molar-refractivity contribution in [2.75, 3.05) is 6.54 Å². The van der Waals surface area contributed by atoms with E-state index in [1.807, 2.05) is 6.92 Å². The number of nitrogens with zero attached hydrogens (tertiary/aromatic N) is 1. The molecule has 1 aliphatic rings. The zero-order valence-corrected chi connectivity index (χ0v) is 16.4. The predicted octanol–water partition coefficient (Wildman–Crippen LogP) is 2.64. The van der Waals surface area contributed by atoms with Gasteiger partial charge in [0.1, 0.15) is 17.7 Å². The summed E-state index contributed by atoms with van der Waals surface area (Å²) in [6, 6.07) is -1.59.